The summed E-state index contributed by atoms with van der Waals surface area (Å²) in [6.07, 6.45) is 3.40. The lowest BCUT2D eigenvalue weighted by Gasteiger charge is -2.08. The van der Waals surface area contributed by atoms with Crippen molar-refractivity contribution < 1.29 is 4.74 Å². The minimum atomic E-state index is -0.0118. The third-order valence-corrected chi connectivity index (χ3v) is 2.81. The first kappa shape index (κ1) is 13.0. The molecule has 5 nitrogen and oxygen atoms in total. The second-order valence-corrected chi connectivity index (χ2v) is 5.00. The number of hydrogen-bond acceptors (Lipinski definition) is 6. The predicted octanol–water partition coefficient (Wildman–Crippen LogP) is 2.86. The molecule has 0 atom stereocenters. The van der Waals surface area contributed by atoms with Gasteiger partial charge in [-0.05, 0) is 49.3 Å². The van der Waals surface area contributed by atoms with Crippen molar-refractivity contribution in [3.8, 4) is 6.01 Å². The van der Waals surface area contributed by atoms with Gasteiger partial charge in [-0.3, -0.25) is 4.98 Å². The van der Waals surface area contributed by atoms with Crippen LogP contribution in [0.2, 0.25) is 5.28 Å². The fraction of sp³-hybridized carbons (Fsp3) is 0.273. The van der Waals surface area contributed by atoms with Crippen molar-refractivity contribution >= 4 is 23.4 Å². The molecule has 2 heterocycles. The van der Waals surface area contributed by atoms with Gasteiger partial charge in [0.2, 0.25) is 5.28 Å². The summed E-state index contributed by atoms with van der Waals surface area (Å²) >= 11 is 7.21. The normalized spacial score (nSPS) is 10.7. The van der Waals surface area contributed by atoms with Gasteiger partial charge >= 0.3 is 6.01 Å². The molecule has 0 aliphatic carbocycles. The van der Waals surface area contributed by atoms with Crippen LogP contribution in [0.4, 0.5) is 0 Å². The molecule has 0 spiro atoms. The number of rotatable bonds is 4. The minimum Gasteiger partial charge on any atom is -0.461 e. The summed E-state index contributed by atoms with van der Waals surface area (Å²) in [5, 5.41) is 0.619. The third-order valence-electron chi connectivity index (χ3n) is 1.77. The molecule has 0 aromatic carbocycles. The van der Waals surface area contributed by atoms with Crippen molar-refractivity contribution in [2.24, 2.45) is 0 Å². The van der Waals surface area contributed by atoms with Crippen LogP contribution in [0.15, 0.2) is 34.6 Å². The zero-order valence-corrected chi connectivity index (χ0v) is 11.4. The fourth-order valence-electron chi connectivity index (χ4n) is 1.14. The molecule has 0 radical (unpaired) electrons. The molecule has 7 heteroatoms. The molecular formula is C11H11ClN4OS. The lowest BCUT2D eigenvalue weighted by Crippen LogP contribution is -2.09. The van der Waals surface area contributed by atoms with Crippen molar-refractivity contribution in [1.29, 1.82) is 0 Å². The average Bonchev–Trinajstić information content (AvgIpc) is 2.28. The molecule has 0 aliphatic rings. The number of aromatic nitrogens is 4. The van der Waals surface area contributed by atoms with Crippen LogP contribution in [0.3, 0.4) is 0 Å². The summed E-state index contributed by atoms with van der Waals surface area (Å²) in [5.74, 6) is 0. The van der Waals surface area contributed by atoms with Gasteiger partial charge in [-0.1, -0.05) is 0 Å². The second-order valence-electron chi connectivity index (χ2n) is 3.62. The zero-order valence-electron chi connectivity index (χ0n) is 9.87. The molecule has 2 aromatic rings. The van der Waals surface area contributed by atoms with E-state index in [4.69, 9.17) is 16.3 Å². The highest BCUT2D eigenvalue weighted by Gasteiger charge is 2.09. The Morgan fingerprint density at radius 3 is 2.56 bits per heavy atom. The largest absolute Gasteiger partial charge is 0.461 e. The van der Waals surface area contributed by atoms with E-state index in [1.165, 1.54) is 11.8 Å². The molecule has 94 valence electrons. The monoisotopic (exact) mass is 282 g/mol. The predicted molar refractivity (Wildman–Crippen MR) is 69.0 cm³/mol. The van der Waals surface area contributed by atoms with Gasteiger partial charge in [0.1, 0.15) is 0 Å². The maximum Gasteiger partial charge on any atom is 0.322 e. The Bertz CT molecular complexity index is 524. The van der Waals surface area contributed by atoms with E-state index >= 15 is 0 Å². The molecule has 0 unspecified atom stereocenters. The van der Waals surface area contributed by atoms with Gasteiger partial charge in [0.25, 0.3) is 0 Å². The van der Waals surface area contributed by atoms with E-state index in [0.717, 1.165) is 4.90 Å². The molecule has 0 saturated heterocycles. The maximum atomic E-state index is 5.83. The van der Waals surface area contributed by atoms with E-state index in [-0.39, 0.29) is 17.4 Å². The number of halogens is 1. The van der Waals surface area contributed by atoms with Crippen LogP contribution in [0.5, 0.6) is 6.01 Å². The van der Waals surface area contributed by atoms with Gasteiger partial charge in [0.15, 0.2) is 5.16 Å². The quantitative estimate of drug-likeness (QED) is 0.859. The average molecular weight is 283 g/mol. The van der Waals surface area contributed by atoms with Crippen LogP contribution in [-0.2, 0) is 0 Å². The van der Waals surface area contributed by atoms with Gasteiger partial charge in [-0.2, -0.15) is 15.0 Å². The Morgan fingerprint density at radius 2 is 1.89 bits per heavy atom. The van der Waals surface area contributed by atoms with Crippen molar-refractivity contribution in [2.75, 3.05) is 0 Å². The van der Waals surface area contributed by atoms with Crippen LogP contribution >= 0.6 is 23.4 Å². The van der Waals surface area contributed by atoms with Gasteiger partial charge in [0.05, 0.1) is 6.10 Å². The summed E-state index contributed by atoms with van der Waals surface area (Å²) in [6, 6.07) is 3.97. The summed E-state index contributed by atoms with van der Waals surface area (Å²) in [5.41, 5.74) is 0. The number of nitrogens with zero attached hydrogens (tertiary/aromatic N) is 4. The molecule has 2 aromatic heterocycles. The Morgan fingerprint density at radius 1 is 1.17 bits per heavy atom. The Hall–Kier alpha value is -1.40. The number of pyridine rings is 1. The molecule has 0 fully saturated rings. The maximum absolute atomic E-state index is 5.83. The molecular weight excluding hydrogens is 272 g/mol. The fourth-order valence-corrected chi connectivity index (χ4v) is 2.06. The van der Waals surface area contributed by atoms with Crippen molar-refractivity contribution in [2.45, 2.75) is 30.0 Å². The highest BCUT2D eigenvalue weighted by molar-refractivity contribution is 7.99. The first-order chi connectivity index (χ1) is 8.63. The van der Waals surface area contributed by atoms with E-state index in [9.17, 15) is 0 Å². The lowest BCUT2D eigenvalue weighted by atomic mass is 10.5. The van der Waals surface area contributed by atoms with Crippen LogP contribution in [-0.4, -0.2) is 26.0 Å². The standard InChI is InChI=1S/C11H11ClN4OS/c1-7(2)17-10-14-9(12)15-11(16-10)18-8-3-5-13-6-4-8/h3-7H,1-2H3. The highest BCUT2D eigenvalue weighted by atomic mass is 35.5. The topological polar surface area (TPSA) is 60.8 Å². The van der Waals surface area contributed by atoms with E-state index in [1.54, 1.807) is 12.4 Å². The smallest absolute Gasteiger partial charge is 0.322 e. The molecule has 0 bridgehead atoms. The van der Waals surface area contributed by atoms with E-state index in [2.05, 4.69) is 19.9 Å². The third kappa shape index (κ3) is 3.82. The summed E-state index contributed by atoms with van der Waals surface area (Å²) < 4.78 is 5.40. The lowest BCUT2D eigenvalue weighted by molar-refractivity contribution is 0.219. The molecule has 0 saturated carbocycles. The van der Waals surface area contributed by atoms with Gasteiger partial charge in [-0.15, -0.1) is 0 Å². The van der Waals surface area contributed by atoms with E-state index in [0.29, 0.717) is 5.16 Å². The summed E-state index contributed by atoms with van der Waals surface area (Å²) in [4.78, 5) is 17.1. The van der Waals surface area contributed by atoms with Gasteiger partial charge in [-0.25, -0.2) is 0 Å². The molecule has 0 aliphatic heterocycles. The number of ether oxygens (including phenoxy) is 1. The zero-order chi connectivity index (χ0) is 13.0. The van der Waals surface area contributed by atoms with E-state index < -0.39 is 0 Å². The Labute approximate surface area is 114 Å². The van der Waals surface area contributed by atoms with Crippen LogP contribution in [0.1, 0.15) is 13.8 Å². The Balaban J connectivity index is 2.20. The van der Waals surface area contributed by atoms with Crippen molar-refractivity contribution in [3.05, 3.63) is 29.8 Å². The summed E-state index contributed by atoms with van der Waals surface area (Å²) in [6.45, 7) is 3.79. The molecule has 2 rings (SSSR count). The van der Waals surface area contributed by atoms with Crippen LogP contribution in [0, 0.1) is 0 Å². The molecule has 0 amide bonds. The molecule has 0 N–H and O–H groups in total. The highest BCUT2D eigenvalue weighted by Crippen LogP contribution is 2.25. The van der Waals surface area contributed by atoms with Crippen molar-refractivity contribution in [1.82, 2.24) is 19.9 Å². The first-order valence-corrected chi connectivity index (χ1v) is 6.49. The second kappa shape index (κ2) is 5.97. The first-order valence-electron chi connectivity index (χ1n) is 5.29. The van der Waals surface area contributed by atoms with Gasteiger partial charge < -0.3 is 4.74 Å². The SMILES string of the molecule is CC(C)Oc1nc(Cl)nc(Sc2ccncc2)n1. The molecule has 18 heavy (non-hydrogen) atoms. The van der Waals surface area contributed by atoms with Crippen LogP contribution in [0.25, 0.3) is 0 Å². The number of hydrogen-bond donors (Lipinski definition) is 0. The summed E-state index contributed by atoms with van der Waals surface area (Å²) in [7, 11) is 0. The Kier molecular flexibility index (Phi) is 4.33. The van der Waals surface area contributed by atoms with Gasteiger partial charge in [0, 0.05) is 17.3 Å². The van der Waals surface area contributed by atoms with E-state index in [1.807, 2.05) is 26.0 Å². The minimum absolute atomic E-state index is 0.0118. The van der Waals surface area contributed by atoms with Crippen LogP contribution < -0.4 is 4.74 Å². The van der Waals surface area contributed by atoms with Crippen molar-refractivity contribution in [3.63, 3.8) is 0 Å².